The third-order valence-electron chi connectivity index (χ3n) is 3.28. The van der Waals surface area contributed by atoms with Crippen molar-refractivity contribution in [1.82, 2.24) is 5.32 Å². The van der Waals surface area contributed by atoms with E-state index in [0.717, 1.165) is 6.42 Å². The fourth-order valence-electron chi connectivity index (χ4n) is 1.78. The van der Waals surface area contributed by atoms with Crippen LogP contribution in [0, 0.1) is 5.92 Å². The molecule has 0 saturated heterocycles. The van der Waals surface area contributed by atoms with Crippen molar-refractivity contribution in [3.05, 3.63) is 35.9 Å². The highest BCUT2D eigenvalue weighted by Gasteiger charge is 2.16. The first kappa shape index (κ1) is 16.7. The van der Waals surface area contributed by atoms with Gasteiger partial charge in [0.25, 0.3) is 0 Å². The van der Waals surface area contributed by atoms with Gasteiger partial charge in [-0.05, 0) is 24.8 Å². The molecule has 1 amide bonds. The molecule has 3 N–H and O–H groups in total. The molecule has 4 heteroatoms. The Balaban J connectivity index is 2.15. The summed E-state index contributed by atoms with van der Waals surface area (Å²) < 4.78 is 5.74. The van der Waals surface area contributed by atoms with E-state index in [1.165, 1.54) is 5.56 Å². The predicted molar refractivity (Wildman–Crippen MR) is 81.2 cm³/mol. The fraction of sp³-hybridized carbons (Fsp3) is 0.562. The van der Waals surface area contributed by atoms with E-state index in [-0.39, 0.29) is 17.9 Å². The van der Waals surface area contributed by atoms with E-state index in [1.807, 2.05) is 51.1 Å². The molecule has 0 spiro atoms. The topological polar surface area (TPSA) is 64.3 Å². The highest BCUT2D eigenvalue weighted by molar-refractivity contribution is 5.81. The highest BCUT2D eigenvalue weighted by atomic mass is 16.5. The van der Waals surface area contributed by atoms with E-state index in [4.69, 9.17) is 10.5 Å². The van der Waals surface area contributed by atoms with Crippen LogP contribution in [0.2, 0.25) is 0 Å². The third-order valence-corrected chi connectivity index (χ3v) is 3.28. The minimum atomic E-state index is -0.431. The summed E-state index contributed by atoms with van der Waals surface area (Å²) in [5, 5.41) is 2.83. The van der Waals surface area contributed by atoms with Crippen LogP contribution in [-0.4, -0.2) is 25.1 Å². The first-order valence-electron chi connectivity index (χ1n) is 7.22. The summed E-state index contributed by atoms with van der Waals surface area (Å²) in [5.41, 5.74) is 6.92. The zero-order valence-electron chi connectivity index (χ0n) is 12.6. The van der Waals surface area contributed by atoms with Gasteiger partial charge >= 0.3 is 0 Å². The molecule has 112 valence electrons. The number of nitrogens with one attached hydrogen (secondary N) is 1. The zero-order chi connectivity index (χ0) is 15.0. The van der Waals surface area contributed by atoms with Crippen LogP contribution < -0.4 is 11.1 Å². The number of ether oxygens (including phenoxy) is 1. The van der Waals surface area contributed by atoms with E-state index < -0.39 is 6.04 Å². The molecule has 0 radical (unpaired) electrons. The Bertz CT molecular complexity index is 393. The van der Waals surface area contributed by atoms with Gasteiger partial charge in [0, 0.05) is 13.2 Å². The minimum absolute atomic E-state index is 0.0739. The standard InChI is InChI=1S/C16H26N2O2/c1-12(2)15(17)16(19)18-10-7-11-20-13(3)14-8-5-4-6-9-14/h4-6,8-9,12-13,15H,7,10-11,17H2,1-3H3,(H,18,19)/t13?,15-/m0/s1. The molecule has 1 unspecified atom stereocenters. The van der Waals surface area contributed by atoms with Gasteiger partial charge in [0.1, 0.15) is 0 Å². The van der Waals surface area contributed by atoms with Crippen molar-refractivity contribution in [1.29, 1.82) is 0 Å². The summed E-state index contributed by atoms with van der Waals surface area (Å²) in [6.07, 6.45) is 0.859. The van der Waals surface area contributed by atoms with Crippen LogP contribution >= 0.6 is 0 Å². The van der Waals surface area contributed by atoms with Gasteiger partial charge in [0.15, 0.2) is 0 Å². The van der Waals surface area contributed by atoms with Crippen molar-refractivity contribution in [3.8, 4) is 0 Å². The van der Waals surface area contributed by atoms with Gasteiger partial charge in [-0.1, -0.05) is 44.2 Å². The van der Waals surface area contributed by atoms with Crippen LogP contribution in [0.4, 0.5) is 0 Å². The van der Waals surface area contributed by atoms with Crippen LogP contribution in [0.1, 0.15) is 38.9 Å². The lowest BCUT2D eigenvalue weighted by molar-refractivity contribution is -0.123. The Hall–Kier alpha value is -1.39. The Labute approximate surface area is 121 Å². The van der Waals surface area contributed by atoms with Crippen LogP contribution in [0.25, 0.3) is 0 Å². The van der Waals surface area contributed by atoms with Crippen molar-refractivity contribution < 1.29 is 9.53 Å². The average Bonchev–Trinajstić information content (AvgIpc) is 2.46. The van der Waals surface area contributed by atoms with Crippen molar-refractivity contribution in [2.75, 3.05) is 13.2 Å². The van der Waals surface area contributed by atoms with Crippen molar-refractivity contribution in [2.24, 2.45) is 11.7 Å². The maximum Gasteiger partial charge on any atom is 0.237 e. The van der Waals surface area contributed by atoms with Crippen molar-refractivity contribution in [3.63, 3.8) is 0 Å². The molecule has 0 aliphatic heterocycles. The second-order valence-corrected chi connectivity index (χ2v) is 5.34. The number of carbonyl (C=O) groups excluding carboxylic acids is 1. The molecule has 4 nitrogen and oxygen atoms in total. The average molecular weight is 278 g/mol. The largest absolute Gasteiger partial charge is 0.374 e. The van der Waals surface area contributed by atoms with Crippen LogP contribution in [0.5, 0.6) is 0 Å². The van der Waals surface area contributed by atoms with Gasteiger partial charge in [-0.15, -0.1) is 0 Å². The van der Waals surface area contributed by atoms with Gasteiger partial charge in [0.2, 0.25) is 5.91 Å². The lowest BCUT2D eigenvalue weighted by Crippen LogP contribution is -2.44. The molecule has 0 bridgehead atoms. The number of rotatable bonds is 8. The van der Waals surface area contributed by atoms with Crippen LogP contribution in [0.15, 0.2) is 30.3 Å². The van der Waals surface area contributed by atoms with Gasteiger partial charge in [-0.2, -0.15) is 0 Å². The molecule has 1 aromatic carbocycles. The molecule has 1 aromatic rings. The second kappa shape index (κ2) is 8.72. The third kappa shape index (κ3) is 5.72. The van der Waals surface area contributed by atoms with E-state index in [9.17, 15) is 4.79 Å². The normalized spacial score (nSPS) is 14.1. The molecule has 20 heavy (non-hydrogen) atoms. The number of nitrogens with two attached hydrogens (primary N) is 1. The van der Waals surface area contributed by atoms with E-state index >= 15 is 0 Å². The summed E-state index contributed by atoms with van der Waals surface area (Å²) in [5.74, 6) is 0.0699. The van der Waals surface area contributed by atoms with E-state index in [0.29, 0.717) is 13.2 Å². The number of amides is 1. The fourth-order valence-corrected chi connectivity index (χ4v) is 1.78. The smallest absolute Gasteiger partial charge is 0.237 e. The van der Waals surface area contributed by atoms with Gasteiger partial charge in [0.05, 0.1) is 12.1 Å². The monoisotopic (exact) mass is 278 g/mol. The first-order valence-corrected chi connectivity index (χ1v) is 7.22. The van der Waals surface area contributed by atoms with Gasteiger partial charge in [-0.3, -0.25) is 4.79 Å². The van der Waals surface area contributed by atoms with E-state index in [1.54, 1.807) is 0 Å². The summed E-state index contributed by atoms with van der Waals surface area (Å²) in [6, 6.07) is 9.66. The number of benzene rings is 1. The Kier molecular flexibility index (Phi) is 7.26. The lowest BCUT2D eigenvalue weighted by atomic mass is 10.1. The Morgan fingerprint density at radius 1 is 1.25 bits per heavy atom. The summed E-state index contributed by atoms with van der Waals surface area (Å²) in [4.78, 5) is 11.6. The maximum absolute atomic E-state index is 11.6. The lowest BCUT2D eigenvalue weighted by Gasteiger charge is -2.16. The van der Waals surface area contributed by atoms with Crippen LogP contribution in [-0.2, 0) is 9.53 Å². The molecule has 1 rings (SSSR count). The number of hydrogen-bond donors (Lipinski definition) is 2. The maximum atomic E-state index is 11.6. The molecule has 0 saturated carbocycles. The molecule has 0 fully saturated rings. The molecule has 0 aromatic heterocycles. The minimum Gasteiger partial charge on any atom is -0.374 e. The molecular weight excluding hydrogens is 252 g/mol. The Morgan fingerprint density at radius 2 is 1.90 bits per heavy atom. The zero-order valence-corrected chi connectivity index (χ0v) is 12.6. The molecule has 0 aliphatic rings. The number of carbonyl (C=O) groups is 1. The SMILES string of the molecule is CC(OCCCNC(=O)[C@@H](N)C(C)C)c1ccccc1. The van der Waals surface area contributed by atoms with Crippen LogP contribution in [0.3, 0.4) is 0 Å². The predicted octanol–water partition coefficient (Wildman–Crippen LogP) is 2.25. The first-order chi connectivity index (χ1) is 9.52. The van der Waals surface area contributed by atoms with Gasteiger partial charge in [-0.25, -0.2) is 0 Å². The summed E-state index contributed by atoms with van der Waals surface area (Å²) in [7, 11) is 0. The van der Waals surface area contributed by atoms with Gasteiger partial charge < -0.3 is 15.8 Å². The number of hydrogen-bond acceptors (Lipinski definition) is 3. The second-order valence-electron chi connectivity index (χ2n) is 5.34. The molecule has 0 heterocycles. The molecule has 0 aliphatic carbocycles. The summed E-state index contributed by atoms with van der Waals surface area (Å²) >= 11 is 0. The summed E-state index contributed by atoms with van der Waals surface area (Å²) in [6.45, 7) is 7.13. The molecule has 2 atom stereocenters. The highest BCUT2D eigenvalue weighted by Crippen LogP contribution is 2.15. The Morgan fingerprint density at radius 3 is 2.50 bits per heavy atom. The van der Waals surface area contributed by atoms with Crippen molar-refractivity contribution >= 4 is 5.91 Å². The quantitative estimate of drug-likeness (QED) is 0.717. The van der Waals surface area contributed by atoms with Crippen molar-refractivity contribution in [2.45, 2.75) is 39.3 Å². The molecular formula is C16H26N2O2. The van der Waals surface area contributed by atoms with E-state index in [2.05, 4.69) is 5.32 Å².